The third kappa shape index (κ3) is 8.43. The van der Waals surface area contributed by atoms with E-state index in [0.717, 1.165) is 22.3 Å². The van der Waals surface area contributed by atoms with Gasteiger partial charge in [-0.25, -0.2) is 0 Å². The number of carbonyl (C=O) groups excluding carboxylic acids is 2. The second kappa shape index (κ2) is 17.3. The lowest BCUT2D eigenvalue weighted by Gasteiger charge is -2.32. The van der Waals surface area contributed by atoms with Crippen LogP contribution in [0.1, 0.15) is 56.0 Å². The fraction of sp³-hybridized carbons (Fsp3) is 0.0833. The highest BCUT2D eigenvalue weighted by atomic mass is 31.1. The maximum absolute atomic E-state index is 14.2. The average Bonchev–Trinajstić information content (AvgIpc) is 3.22. The zero-order valence-corrected chi connectivity index (χ0v) is 30.7. The Bertz CT molecular complexity index is 1940. The molecular weight excluding hydrogens is 670 g/mol. The van der Waals surface area contributed by atoms with Crippen molar-refractivity contribution >= 4 is 48.6 Å². The van der Waals surface area contributed by atoms with E-state index in [0.29, 0.717) is 12.8 Å². The first-order valence-electron chi connectivity index (χ1n) is 17.7. The van der Waals surface area contributed by atoms with Crippen molar-refractivity contribution in [3.63, 3.8) is 0 Å². The topological polar surface area (TPSA) is 34.1 Å². The van der Waals surface area contributed by atoms with Crippen molar-refractivity contribution in [2.24, 2.45) is 0 Å². The maximum atomic E-state index is 14.2. The quantitative estimate of drug-likeness (QED) is 0.0832. The first-order chi connectivity index (χ1) is 25.7. The Labute approximate surface area is 309 Å². The van der Waals surface area contributed by atoms with Gasteiger partial charge in [-0.1, -0.05) is 206 Å². The van der Waals surface area contributed by atoms with Crippen LogP contribution in [0.2, 0.25) is 0 Å². The van der Waals surface area contributed by atoms with E-state index in [9.17, 15) is 9.59 Å². The molecule has 0 spiro atoms. The number of carbonyl (C=O) groups is 2. The summed E-state index contributed by atoms with van der Waals surface area (Å²) in [6.45, 7) is 0. The van der Waals surface area contributed by atoms with Gasteiger partial charge in [0, 0.05) is 35.3 Å². The Hall–Kier alpha value is -5.26. The highest BCUT2D eigenvalue weighted by Crippen LogP contribution is 2.55. The fourth-order valence-corrected chi connectivity index (χ4v) is 12.5. The van der Waals surface area contributed by atoms with Gasteiger partial charge in [0.1, 0.15) is 0 Å². The Morgan fingerprint density at radius 3 is 0.904 bits per heavy atom. The third-order valence-electron chi connectivity index (χ3n) is 9.39. The van der Waals surface area contributed by atoms with Crippen LogP contribution in [0, 0.1) is 0 Å². The number of Topliss-reactive ketones (excluding diaryl/α,β-unsaturated/α-hetero) is 2. The molecule has 0 aromatic heterocycles. The van der Waals surface area contributed by atoms with Gasteiger partial charge >= 0.3 is 0 Å². The molecule has 0 saturated carbocycles. The van der Waals surface area contributed by atoms with Crippen LogP contribution in [0.15, 0.2) is 206 Å². The molecule has 0 bridgehead atoms. The van der Waals surface area contributed by atoms with Gasteiger partial charge < -0.3 is 0 Å². The van der Waals surface area contributed by atoms with Gasteiger partial charge in [-0.2, -0.15) is 0 Å². The molecule has 2 nitrogen and oxygen atoms in total. The third-order valence-corrected chi connectivity index (χ3v) is 15.0. The normalized spacial score (nSPS) is 12.3. The van der Waals surface area contributed by atoms with E-state index in [1.807, 2.05) is 60.7 Å². The molecule has 0 aliphatic rings. The van der Waals surface area contributed by atoms with Gasteiger partial charge in [0.2, 0.25) is 0 Å². The Morgan fingerprint density at radius 1 is 0.346 bits per heavy atom. The molecule has 0 amide bonds. The van der Waals surface area contributed by atoms with Gasteiger partial charge in [0.05, 0.1) is 0 Å². The second-order valence-corrected chi connectivity index (χ2v) is 17.6. The summed E-state index contributed by atoms with van der Waals surface area (Å²) in [5.74, 6) is 0.254. The van der Waals surface area contributed by atoms with E-state index in [2.05, 4.69) is 146 Å². The Balaban J connectivity index is 1.39. The number of hydrogen-bond donors (Lipinski definition) is 0. The van der Waals surface area contributed by atoms with Crippen LogP contribution in [-0.2, 0) is 0 Å². The SMILES string of the molecule is O=C(CC(c1cccc(C(CC(=O)c2ccccc2)P(c2ccccc2)c2ccccc2)c1)P(c1ccccc1)c1ccccc1)c1ccccc1. The molecule has 52 heavy (non-hydrogen) atoms. The minimum absolute atomic E-state index is 0.0994. The van der Waals surface area contributed by atoms with E-state index in [-0.39, 0.29) is 22.9 Å². The molecule has 0 heterocycles. The highest BCUT2D eigenvalue weighted by molar-refractivity contribution is 7.73. The van der Waals surface area contributed by atoms with E-state index in [4.69, 9.17) is 0 Å². The van der Waals surface area contributed by atoms with Crippen LogP contribution in [0.4, 0.5) is 0 Å². The first-order valence-corrected chi connectivity index (χ1v) is 20.5. The van der Waals surface area contributed by atoms with Crippen molar-refractivity contribution in [2.75, 3.05) is 0 Å². The highest BCUT2D eigenvalue weighted by Gasteiger charge is 2.32. The van der Waals surface area contributed by atoms with Gasteiger partial charge in [-0.05, 0) is 48.2 Å². The molecule has 0 aliphatic heterocycles. The summed E-state index contributed by atoms with van der Waals surface area (Å²) < 4.78 is 0. The van der Waals surface area contributed by atoms with Gasteiger partial charge in [0.25, 0.3) is 0 Å². The molecule has 254 valence electrons. The molecule has 4 heteroatoms. The monoisotopic (exact) mass is 710 g/mol. The van der Waals surface area contributed by atoms with Gasteiger partial charge in [-0.15, -0.1) is 0 Å². The average molecular weight is 711 g/mol. The van der Waals surface area contributed by atoms with Crippen LogP contribution in [0.5, 0.6) is 0 Å². The van der Waals surface area contributed by atoms with Crippen LogP contribution in [0.3, 0.4) is 0 Å². The molecule has 0 N–H and O–H groups in total. The molecule has 2 atom stereocenters. The van der Waals surface area contributed by atoms with Crippen LogP contribution < -0.4 is 21.2 Å². The minimum Gasteiger partial charge on any atom is -0.294 e. The molecule has 0 aliphatic carbocycles. The second-order valence-electron chi connectivity index (χ2n) is 12.8. The molecule has 7 rings (SSSR count). The van der Waals surface area contributed by atoms with Crippen molar-refractivity contribution in [3.8, 4) is 0 Å². The summed E-state index contributed by atoms with van der Waals surface area (Å²) in [6, 6.07) is 70.7. The fourth-order valence-electron chi connectivity index (χ4n) is 6.90. The lowest BCUT2D eigenvalue weighted by molar-refractivity contribution is 0.0974. The number of hydrogen-bond acceptors (Lipinski definition) is 2. The predicted octanol–water partition coefficient (Wildman–Crippen LogP) is 10.6. The summed E-state index contributed by atoms with van der Waals surface area (Å²) in [4.78, 5) is 28.3. The maximum Gasteiger partial charge on any atom is 0.163 e. The number of ketones is 2. The van der Waals surface area contributed by atoms with Gasteiger partial charge in [-0.3, -0.25) is 9.59 Å². The summed E-state index contributed by atoms with van der Waals surface area (Å²) in [7, 11) is -1.97. The number of benzene rings is 7. The van der Waals surface area contributed by atoms with Crippen LogP contribution in [-0.4, -0.2) is 11.6 Å². The molecule has 7 aromatic carbocycles. The molecule has 0 fully saturated rings. The zero-order chi connectivity index (χ0) is 35.5. The van der Waals surface area contributed by atoms with E-state index < -0.39 is 15.8 Å². The van der Waals surface area contributed by atoms with Crippen molar-refractivity contribution in [2.45, 2.75) is 24.2 Å². The molecule has 0 radical (unpaired) electrons. The lowest BCUT2D eigenvalue weighted by atomic mass is 9.97. The lowest BCUT2D eigenvalue weighted by Crippen LogP contribution is -2.21. The van der Waals surface area contributed by atoms with E-state index >= 15 is 0 Å². The summed E-state index contributed by atoms with van der Waals surface area (Å²) in [5, 5.41) is 4.91. The summed E-state index contributed by atoms with van der Waals surface area (Å²) >= 11 is 0. The molecule has 0 saturated heterocycles. The number of rotatable bonds is 14. The zero-order valence-electron chi connectivity index (χ0n) is 28.9. The molecule has 2 unspecified atom stereocenters. The molecular formula is C48H40O2P2. The largest absolute Gasteiger partial charge is 0.294 e. The van der Waals surface area contributed by atoms with E-state index in [1.165, 1.54) is 21.2 Å². The van der Waals surface area contributed by atoms with Crippen molar-refractivity contribution < 1.29 is 9.59 Å². The Morgan fingerprint density at radius 2 is 0.615 bits per heavy atom. The Kier molecular flexibility index (Phi) is 11.7. The smallest absolute Gasteiger partial charge is 0.163 e. The summed E-state index contributed by atoms with van der Waals surface area (Å²) in [5.41, 5.74) is 3.49. The predicted molar refractivity (Wildman–Crippen MR) is 221 cm³/mol. The van der Waals surface area contributed by atoms with Crippen molar-refractivity contribution in [1.82, 2.24) is 0 Å². The first kappa shape index (κ1) is 35.2. The van der Waals surface area contributed by atoms with Crippen molar-refractivity contribution in [3.05, 3.63) is 229 Å². The van der Waals surface area contributed by atoms with Crippen LogP contribution >= 0.6 is 15.8 Å². The van der Waals surface area contributed by atoms with Crippen molar-refractivity contribution in [1.29, 1.82) is 0 Å². The van der Waals surface area contributed by atoms with E-state index in [1.54, 1.807) is 0 Å². The van der Waals surface area contributed by atoms with Gasteiger partial charge in [0.15, 0.2) is 11.6 Å². The summed E-state index contributed by atoms with van der Waals surface area (Å²) in [6.07, 6.45) is 0.728. The molecule has 7 aromatic rings. The minimum atomic E-state index is -0.983. The van der Waals surface area contributed by atoms with Crippen LogP contribution in [0.25, 0.3) is 0 Å². The standard InChI is InChI=1S/C48H40O2P2/c49-45(37-20-7-1-8-21-37)35-47(51(41-26-11-3-12-27-41)42-28-13-4-14-29-42)39-24-19-25-40(34-39)48(36-46(50)38-22-9-2-10-23-38)52(43-30-15-5-16-31-43)44-32-17-6-18-33-44/h1-34,47-48H,35-36H2.